The van der Waals surface area contributed by atoms with Crippen molar-refractivity contribution in [2.24, 2.45) is 0 Å². The molecule has 1 aromatic rings. The fraction of sp³-hybridized carbons (Fsp3) is 0.111. The highest BCUT2D eigenvalue weighted by Gasteiger charge is 1.91. The monoisotopic (exact) mass is 198 g/mol. The molecule has 0 aromatic heterocycles. The summed E-state index contributed by atoms with van der Waals surface area (Å²) in [6, 6.07) is 7.67. The molecule has 0 spiro atoms. The highest BCUT2D eigenvalue weighted by molar-refractivity contribution is 7.74. The smallest absolute Gasteiger partial charge is 0.356 e. The highest BCUT2D eigenvalue weighted by Crippen LogP contribution is 2.08. The molecule has 0 saturated carbocycles. The van der Waals surface area contributed by atoms with Crippen LogP contribution in [0.4, 0.5) is 0 Å². The van der Waals surface area contributed by atoms with Gasteiger partial charge in [-0.25, -0.2) is 0 Å². The van der Waals surface area contributed by atoms with Crippen molar-refractivity contribution in [1.82, 2.24) is 0 Å². The Hall–Kier alpha value is -1.13. The Morgan fingerprint density at radius 3 is 2.77 bits per heavy atom. The Kier molecular flexibility index (Phi) is 3.67. The van der Waals surface area contributed by atoms with E-state index in [1.165, 1.54) is 6.26 Å². The second-order valence-electron chi connectivity index (χ2n) is 2.47. The third-order valence-electron chi connectivity index (χ3n) is 1.57. The third-order valence-corrected chi connectivity index (χ3v) is 1.85. The molecular weight excluding hydrogens is 188 g/mol. The molecule has 0 amide bonds. The van der Waals surface area contributed by atoms with E-state index >= 15 is 0 Å². The summed E-state index contributed by atoms with van der Waals surface area (Å²) in [7, 11) is 0. The minimum absolute atomic E-state index is 0.966. The van der Waals surface area contributed by atoms with Gasteiger partial charge in [0.2, 0.25) is 0 Å². The van der Waals surface area contributed by atoms with Crippen LogP contribution in [0, 0.1) is 6.92 Å². The summed E-state index contributed by atoms with van der Waals surface area (Å²) < 4.78 is 22.8. The van der Waals surface area contributed by atoms with E-state index in [4.69, 9.17) is 4.55 Å². The fourth-order valence-corrected chi connectivity index (χ4v) is 1.07. The summed E-state index contributed by atoms with van der Waals surface area (Å²) in [5, 5.41) is 0. The third kappa shape index (κ3) is 3.40. The lowest BCUT2D eigenvalue weighted by Gasteiger charge is -1.97. The lowest BCUT2D eigenvalue weighted by molar-refractivity contribution is 0.422. The molecule has 1 aromatic carbocycles. The predicted molar refractivity (Wildman–Crippen MR) is 52.1 cm³/mol. The molecule has 0 aliphatic rings. The van der Waals surface area contributed by atoms with E-state index in [-0.39, 0.29) is 0 Å². The highest BCUT2D eigenvalue weighted by atomic mass is 32.2. The van der Waals surface area contributed by atoms with E-state index in [1.807, 2.05) is 31.2 Å². The Bertz CT molecular complexity index is 333. The fourth-order valence-electron chi connectivity index (χ4n) is 0.922. The Morgan fingerprint density at radius 2 is 2.15 bits per heavy atom. The van der Waals surface area contributed by atoms with Gasteiger partial charge in [-0.05, 0) is 24.1 Å². The maximum atomic E-state index is 10.1. The van der Waals surface area contributed by atoms with Gasteiger partial charge in [0.05, 0.1) is 0 Å². The topological polar surface area (TPSA) is 46.5 Å². The number of aryl methyl sites for hydroxylation is 1. The first-order valence-corrected chi connectivity index (χ1v) is 4.73. The van der Waals surface area contributed by atoms with Crippen LogP contribution in [0.1, 0.15) is 11.1 Å². The van der Waals surface area contributed by atoms with Crippen LogP contribution in [-0.4, -0.2) is 8.76 Å². The zero-order valence-electron chi connectivity index (χ0n) is 7.14. The van der Waals surface area contributed by atoms with Crippen LogP contribution in [0.3, 0.4) is 0 Å². The first-order valence-electron chi connectivity index (χ1n) is 3.70. The molecule has 1 atom stereocenters. The maximum absolute atomic E-state index is 10.1. The van der Waals surface area contributed by atoms with Gasteiger partial charge in [0, 0.05) is 0 Å². The Morgan fingerprint density at radius 1 is 1.46 bits per heavy atom. The molecule has 0 saturated heterocycles. The van der Waals surface area contributed by atoms with Crippen LogP contribution in [0.15, 0.2) is 30.5 Å². The lowest BCUT2D eigenvalue weighted by Crippen LogP contribution is -1.86. The molecule has 0 fully saturated rings. The zero-order chi connectivity index (χ0) is 9.68. The molecule has 0 aliphatic carbocycles. The van der Waals surface area contributed by atoms with Crippen molar-refractivity contribution in [3.05, 3.63) is 41.7 Å². The van der Waals surface area contributed by atoms with Gasteiger partial charge in [0.25, 0.3) is 0 Å². The number of rotatable bonds is 3. The van der Waals surface area contributed by atoms with E-state index in [1.54, 1.807) is 6.08 Å². The normalized spacial score (nSPS) is 13.1. The van der Waals surface area contributed by atoms with Crippen molar-refractivity contribution in [2.75, 3.05) is 0 Å². The number of hydrogen-bond donors (Lipinski definition) is 1. The van der Waals surface area contributed by atoms with Gasteiger partial charge in [0.15, 0.2) is 0 Å². The van der Waals surface area contributed by atoms with Gasteiger partial charge in [-0.3, -0.25) is 4.55 Å². The van der Waals surface area contributed by atoms with Crippen molar-refractivity contribution < 1.29 is 12.9 Å². The molecule has 0 heterocycles. The van der Waals surface area contributed by atoms with Crippen molar-refractivity contribution >= 4 is 17.4 Å². The van der Waals surface area contributed by atoms with Crippen LogP contribution in [0.25, 0.3) is 6.08 Å². The first-order chi connectivity index (χ1) is 6.20. The summed E-state index contributed by atoms with van der Waals surface area (Å²) in [6.45, 7) is 1.95. The largest absolute Gasteiger partial charge is 0.388 e. The average Bonchev–Trinajstić information content (AvgIpc) is 2.08. The van der Waals surface area contributed by atoms with Crippen molar-refractivity contribution in [1.29, 1.82) is 0 Å². The van der Waals surface area contributed by atoms with Crippen molar-refractivity contribution in [3.63, 3.8) is 0 Å². The van der Waals surface area contributed by atoms with Crippen LogP contribution in [0.5, 0.6) is 0 Å². The Balaban J connectivity index is 2.68. The minimum atomic E-state index is -2.23. The van der Waals surface area contributed by atoms with Crippen molar-refractivity contribution in [3.8, 4) is 0 Å². The number of benzene rings is 1. The van der Waals surface area contributed by atoms with Gasteiger partial charge >= 0.3 is 11.4 Å². The van der Waals surface area contributed by atoms with Gasteiger partial charge in [-0.15, -0.1) is 0 Å². The van der Waals surface area contributed by atoms with Crippen LogP contribution >= 0.6 is 0 Å². The van der Waals surface area contributed by atoms with Gasteiger partial charge in [-0.1, -0.05) is 24.3 Å². The quantitative estimate of drug-likeness (QED) is 0.597. The molecule has 70 valence electrons. The van der Waals surface area contributed by atoms with Gasteiger partial charge < -0.3 is 4.18 Å². The summed E-state index contributed by atoms with van der Waals surface area (Å²) in [4.78, 5) is 0. The zero-order valence-corrected chi connectivity index (χ0v) is 7.95. The van der Waals surface area contributed by atoms with Gasteiger partial charge in [-0.2, -0.15) is 4.21 Å². The molecule has 1 unspecified atom stereocenters. The summed E-state index contributed by atoms with van der Waals surface area (Å²) in [6.07, 6.45) is 2.85. The number of hydrogen-bond acceptors (Lipinski definition) is 2. The summed E-state index contributed by atoms with van der Waals surface area (Å²) in [5.41, 5.74) is 2.05. The van der Waals surface area contributed by atoms with E-state index in [9.17, 15) is 4.21 Å². The second kappa shape index (κ2) is 4.79. The summed E-state index contributed by atoms with van der Waals surface area (Å²) >= 11 is -2.23. The lowest BCUT2D eigenvalue weighted by atomic mass is 10.1. The first kappa shape index (κ1) is 9.95. The van der Waals surface area contributed by atoms with E-state index in [0.717, 1.165) is 11.1 Å². The molecule has 4 heteroatoms. The second-order valence-corrected chi connectivity index (χ2v) is 3.10. The Labute approximate surface area is 79.5 Å². The van der Waals surface area contributed by atoms with Crippen LogP contribution < -0.4 is 0 Å². The molecule has 0 aliphatic heterocycles. The molecular formula is C9H10O3S. The SMILES string of the molecule is Cc1ccccc1C=COS(=O)O. The van der Waals surface area contributed by atoms with E-state index in [0.29, 0.717) is 0 Å². The molecule has 0 bridgehead atoms. The summed E-state index contributed by atoms with van der Waals surface area (Å²) in [5.74, 6) is 0. The van der Waals surface area contributed by atoms with Crippen molar-refractivity contribution in [2.45, 2.75) is 6.92 Å². The van der Waals surface area contributed by atoms with E-state index in [2.05, 4.69) is 4.18 Å². The van der Waals surface area contributed by atoms with Gasteiger partial charge in [0.1, 0.15) is 6.26 Å². The standard InChI is InChI=1S/C9H10O3S/c1-8-4-2-3-5-9(8)6-7-12-13(10)11/h2-7H,1H3,(H,10,11). The molecule has 0 radical (unpaired) electrons. The van der Waals surface area contributed by atoms with Crippen LogP contribution in [-0.2, 0) is 15.5 Å². The molecule has 13 heavy (non-hydrogen) atoms. The molecule has 3 nitrogen and oxygen atoms in total. The minimum Gasteiger partial charge on any atom is -0.388 e. The molecule has 1 rings (SSSR count). The van der Waals surface area contributed by atoms with Crippen LogP contribution in [0.2, 0.25) is 0 Å². The predicted octanol–water partition coefficient (Wildman–Crippen LogP) is 2.12. The molecule has 1 N–H and O–H groups in total. The average molecular weight is 198 g/mol. The van der Waals surface area contributed by atoms with E-state index < -0.39 is 11.4 Å². The maximum Gasteiger partial charge on any atom is 0.356 e.